The highest BCUT2D eigenvalue weighted by Crippen LogP contribution is 2.31. The molecular formula is C19H14F4N2O2. The van der Waals surface area contributed by atoms with Gasteiger partial charge in [0.2, 0.25) is 0 Å². The number of alkyl halides is 3. The molecule has 4 nitrogen and oxygen atoms in total. The van der Waals surface area contributed by atoms with Gasteiger partial charge in [0.15, 0.2) is 17.3 Å². The molecule has 0 fully saturated rings. The molecule has 0 aliphatic carbocycles. The third-order valence-corrected chi connectivity index (χ3v) is 3.93. The second-order valence-corrected chi connectivity index (χ2v) is 5.82. The summed E-state index contributed by atoms with van der Waals surface area (Å²) in [6.45, 7) is 1.28. The number of nitrogens with one attached hydrogen (secondary N) is 1. The molecule has 1 N–H and O–H groups in total. The van der Waals surface area contributed by atoms with Gasteiger partial charge in [-0.3, -0.25) is 9.89 Å². The normalized spacial score (nSPS) is 11.4. The highest BCUT2D eigenvalue weighted by molar-refractivity contribution is 5.94. The molecule has 0 atom stereocenters. The number of Topliss-reactive ketones (excluding diaryl/α,β-unsaturated/α-hetero) is 1. The second kappa shape index (κ2) is 7.22. The first-order chi connectivity index (χ1) is 12.8. The minimum absolute atomic E-state index is 0.0421. The number of aromatic nitrogens is 2. The quantitative estimate of drug-likeness (QED) is 0.501. The summed E-state index contributed by atoms with van der Waals surface area (Å²) in [5.74, 6) is -0.985. The number of nitrogens with zero attached hydrogens (tertiary/aromatic N) is 1. The van der Waals surface area contributed by atoms with Crippen molar-refractivity contribution >= 4 is 5.78 Å². The molecule has 0 aliphatic heterocycles. The lowest BCUT2D eigenvalue weighted by Gasteiger charge is -2.09. The van der Waals surface area contributed by atoms with Crippen molar-refractivity contribution in [2.45, 2.75) is 19.7 Å². The van der Waals surface area contributed by atoms with Crippen molar-refractivity contribution in [3.05, 3.63) is 71.2 Å². The lowest BCUT2D eigenvalue weighted by Crippen LogP contribution is -2.04. The van der Waals surface area contributed by atoms with Gasteiger partial charge in [-0.2, -0.15) is 18.3 Å². The Morgan fingerprint density at radius 3 is 2.44 bits per heavy atom. The smallest absolute Gasteiger partial charge is 0.416 e. The van der Waals surface area contributed by atoms with Gasteiger partial charge in [0.25, 0.3) is 0 Å². The Morgan fingerprint density at radius 1 is 1.15 bits per heavy atom. The van der Waals surface area contributed by atoms with Crippen LogP contribution < -0.4 is 4.74 Å². The van der Waals surface area contributed by atoms with E-state index in [0.717, 1.165) is 18.2 Å². The van der Waals surface area contributed by atoms with Crippen LogP contribution in [0, 0.1) is 5.82 Å². The largest absolute Gasteiger partial charge is 0.486 e. The standard InChI is InChI=1S/C19H14F4N2O2/c1-11(26)13-4-7-17(16(20)8-13)27-10-14-9-24-25-18(14)12-2-5-15(6-3-12)19(21,22)23/h2-9H,10H2,1H3,(H,24,25). The second-order valence-electron chi connectivity index (χ2n) is 5.82. The van der Waals surface area contributed by atoms with Crippen LogP contribution >= 0.6 is 0 Å². The SMILES string of the molecule is CC(=O)c1ccc(OCc2c[nH]nc2-c2ccc(C(F)(F)F)cc2)c(F)c1. The van der Waals surface area contributed by atoms with Crippen LogP contribution in [0.2, 0.25) is 0 Å². The van der Waals surface area contributed by atoms with Gasteiger partial charge in [-0.05, 0) is 37.3 Å². The fraction of sp³-hybridized carbons (Fsp3) is 0.158. The molecule has 0 bridgehead atoms. The van der Waals surface area contributed by atoms with E-state index in [1.165, 1.54) is 37.4 Å². The molecule has 2 aromatic carbocycles. The molecule has 0 spiro atoms. The molecule has 0 amide bonds. The molecule has 0 radical (unpaired) electrons. The number of carbonyl (C=O) groups is 1. The molecule has 3 aromatic rings. The number of aromatic amines is 1. The third kappa shape index (κ3) is 4.16. The van der Waals surface area contributed by atoms with Crippen LogP contribution in [-0.4, -0.2) is 16.0 Å². The van der Waals surface area contributed by atoms with Crippen LogP contribution in [0.3, 0.4) is 0 Å². The Balaban J connectivity index is 1.77. The molecule has 27 heavy (non-hydrogen) atoms. The number of H-pyrrole nitrogens is 1. The summed E-state index contributed by atoms with van der Waals surface area (Å²) in [6.07, 6.45) is -2.89. The van der Waals surface area contributed by atoms with Gasteiger partial charge in [0.05, 0.1) is 11.3 Å². The first-order valence-corrected chi connectivity index (χ1v) is 7.89. The van der Waals surface area contributed by atoms with Gasteiger partial charge in [0, 0.05) is 22.9 Å². The molecule has 8 heteroatoms. The van der Waals surface area contributed by atoms with E-state index in [4.69, 9.17) is 4.74 Å². The number of carbonyl (C=O) groups excluding carboxylic acids is 1. The van der Waals surface area contributed by atoms with E-state index in [1.54, 1.807) is 0 Å². The maximum absolute atomic E-state index is 14.0. The summed E-state index contributed by atoms with van der Waals surface area (Å²) >= 11 is 0. The van der Waals surface area contributed by atoms with Gasteiger partial charge in [0.1, 0.15) is 6.61 Å². The first kappa shape index (κ1) is 18.6. The van der Waals surface area contributed by atoms with E-state index in [0.29, 0.717) is 16.8 Å². The number of ether oxygens (including phenoxy) is 1. The van der Waals surface area contributed by atoms with Crippen molar-refractivity contribution in [3.8, 4) is 17.0 Å². The highest BCUT2D eigenvalue weighted by atomic mass is 19.4. The van der Waals surface area contributed by atoms with Crippen LogP contribution in [0.25, 0.3) is 11.3 Å². The van der Waals surface area contributed by atoms with Gasteiger partial charge >= 0.3 is 6.18 Å². The van der Waals surface area contributed by atoms with Gasteiger partial charge in [-0.25, -0.2) is 4.39 Å². The number of hydrogen-bond acceptors (Lipinski definition) is 3. The summed E-state index contributed by atoms with van der Waals surface area (Å²) in [5.41, 5.74) is 0.894. The lowest BCUT2D eigenvalue weighted by molar-refractivity contribution is -0.137. The minimum Gasteiger partial charge on any atom is -0.486 e. The van der Waals surface area contributed by atoms with Gasteiger partial charge in [-0.1, -0.05) is 12.1 Å². The van der Waals surface area contributed by atoms with Crippen molar-refractivity contribution in [3.63, 3.8) is 0 Å². The summed E-state index contributed by atoms with van der Waals surface area (Å²) in [7, 11) is 0. The Labute approximate surface area is 151 Å². The Kier molecular flexibility index (Phi) is 4.98. The predicted octanol–water partition coefficient (Wildman–Crippen LogP) is 5.02. The number of halogens is 4. The van der Waals surface area contributed by atoms with Crippen LogP contribution in [0.5, 0.6) is 5.75 Å². The molecule has 0 aliphatic rings. The first-order valence-electron chi connectivity index (χ1n) is 7.89. The minimum atomic E-state index is -4.42. The number of rotatable bonds is 5. The molecule has 140 valence electrons. The Morgan fingerprint density at radius 2 is 1.85 bits per heavy atom. The predicted molar refractivity (Wildman–Crippen MR) is 89.8 cm³/mol. The van der Waals surface area contributed by atoms with E-state index in [1.807, 2.05) is 0 Å². The van der Waals surface area contributed by atoms with Crippen molar-refractivity contribution in [2.75, 3.05) is 0 Å². The fourth-order valence-corrected chi connectivity index (χ4v) is 2.48. The maximum Gasteiger partial charge on any atom is 0.416 e. The van der Waals surface area contributed by atoms with Crippen LogP contribution in [0.15, 0.2) is 48.7 Å². The molecule has 1 heterocycles. The lowest BCUT2D eigenvalue weighted by atomic mass is 10.1. The average Bonchev–Trinajstić information content (AvgIpc) is 3.08. The van der Waals surface area contributed by atoms with Crippen molar-refractivity contribution in [1.82, 2.24) is 10.2 Å². The maximum atomic E-state index is 14.0. The summed E-state index contributed by atoms with van der Waals surface area (Å²) in [4.78, 5) is 11.3. The molecule has 1 aromatic heterocycles. The summed E-state index contributed by atoms with van der Waals surface area (Å²) in [5, 5.41) is 6.65. The Hall–Kier alpha value is -3.16. The van der Waals surface area contributed by atoms with Crippen molar-refractivity contribution < 1.29 is 27.1 Å². The van der Waals surface area contributed by atoms with Crippen molar-refractivity contribution in [2.24, 2.45) is 0 Å². The van der Waals surface area contributed by atoms with Gasteiger partial charge < -0.3 is 4.74 Å². The zero-order valence-electron chi connectivity index (χ0n) is 14.1. The molecule has 3 rings (SSSR count). The van der Waals surface area contributed by atoms with Crippen LogP contribution in [0.1, 0.15) is 28.4 Å². The van der Waals surface area contributed by atoms with E-state index < -0.39 is 17.6 Å². The molecule has 0 unspecified atom stereocenters. The summed E-state index contributed by atoms with van der Waals surface area (Å²) < 4.78 is 57.4. The number of benzene rings is 2. The number of ketones is 1. The van der Waals surface area contributed by atoms with Crippen LogP contribution in [-0.2, 0) is 12.8 Å². The summed E-state index contributed by atoms with van der Waals surface area (Å²) in [6, 6.07) is 8.44. The highest BCUT2D eigenvalue weighted by Gasteiger charge is 2.30. The molecule has 0 saturated heterocycles. The average molecular weight is 378 g/mol. The fourth-order valence-electron chi connectivity index (χ4n) is 2.48. The number of hydrogen-bond donors (Lipinski definition) is 1. The van der Waals surface area contributed by atoms with E-state index in [-0.39, 0.29) is 23.7 Å². The van der Waals surface area contributed by atoms with E-state index in [2.05, 4.69) is 10.2 Å². The van der Waals surface area contributed by atoms with E-state index in [9.17, 15) is 22.4 Å². The zero-order valence-corrected chi connectivity index (χ0v) is 14.1. The topological polar surface area (TPSA) is 55.0 Å². The monoisotopic (exact) mass is 378 g/mol. The van der Waals surface area contributed by atoms with Gasteiger partial charge in [-0.15, -0.1) is 0 Å². The third-order valence-electron chi connectivity index (χ3n) is 3.93. The Bertz CT molecular complexity index is 963. The molecule has 0 saturated carbocycles. The zero-order chi connectivity index (χ0) is 19.6. The van der Waals surface area contributed by atoms with Crippen LogP contribution in [0.4, 0.5) is 17.6 Å². The van der Waals surface area contributed by atoms with Crippen molar-refractivity contribution in [1.29, 1.82) is 0 Å². The molecular weight excluding hydrogens is 364 g/mol. The van der Waals surface area contributed by atoms with E-state index >= 15 is 0 Å².